The van der Waals surface area contributed by atoms with Gasteiger partial charge in [-0.3, -0.25) is 0 Å². The minimum absolute atomic E-state index is 0. The molecule has 0 aliphatic carbocycles. The second-order valence-corrected chi connectivity index (χ2v) is 7.78. The molecule has 0 radical (unpaired) electrons. The summed E-state index contributed by atoms with van der Waals surface area (Å²) in [5.41, 5.74) is 7.91. The fraction of sp³-hybridized carbons (Fsp3) is 0.636. The number of anilines is 1. The van der Waals surface area contributed by atoms with Crippen LogP contribution in [0, 0.1) is 0 Å². The maximum Gasteiger partial charge on any atom is 2.00 e. The topological polar surface area (TPSA) is 72.2 Å². The van der Waals surface area contributed by atoms with Gasteiger partial charge in [0.2, 0.25) is 0 Å². The van der Waals surface area contributed by atoms with Gasteiger partial charge in [0.25, 0.3) is 0 Å². The number of carbonyl (C=O) groups is 2. The van der Waals surface area contributed by atoms with Crippen LogP contribution in [0.2, 0.25) is 0 Å². The van der Waals surface area contributed by atoms with Crippen LogP contribution in [-0.2, 0) is 57.6 Å². The second-order valence-electron chi connectivity index (χ2n) is 7.00. The fourth-order valence-electron chi connectivity index (χ4n) is 3.22. The molecule has 1 aromatic carbocycles. The van der Waals surface area contributed by atoms with Crippen molar-refractivity contribution in [2.45, 2.75) is 90.9 Å². The van der Waals surface area contributed by atoms with Gasteiger partial charge in [-0.1, -0.05) is 77.3 Å². The number of amides is 2. The van der Waals surface area contributed by atoms with Gasteiger partial charge in [0.15, 0.2) is 0 Å². The molecule has 160 valence electrons. The summed E-state index contributed by atoms with van der Waals surface area (Å²) in [6.07, 6.45) is 14.9. The quantitative estimate of drug-likeness (QED) is 0.191. The van der Waals surface area contributed by atoms with Crippen LogP contribution in [-0.4, -0.2) is 10.5 Å². The van der Waals surface area contributed by atoms with Gasteiger partial charge >= 0.3 is 19.5 Å². The van der Waals surface area contributed by atoms with Crippen LogP contribution in [0.25, 0.3) is 0 Å². The minimum Gasteiger partial charge on any atom is -0.719 e. The number of primary amides is 1. The Bertz CT molecular complexity index is 568. The number of hydrogen-bond acceptors (Lipinski definition) is 4. The molecule has 0 spiro atoms. The van der Waals surface area contributed by atoms with Crippen molar-refractivity contribution in [2.75, 3.05) is 5.32 Å². The number of aryl methyl sites for hydroxylation is 1. The number of hydrogen-bond donors (Lipinski definition) is 2. The van der Waals surface area contributed by atoms with Crippen molar-refractivity contribution >= 4 is 41.4 Å². The molecule has 29 heavy (non-hydrogen) atoms. The SMILES string of the molecule is CCCCCCCc1cccc(NC(=O)[S-])c1CCCCCCC.NC(=O)[S-].[Zn+2]. The molecule has 2 amide bonds. The number of benzene rings is 1. The van der Waals surface area contributed by atoms with E-state index in [1.807, 2.05) is 12.1 Å². The Morgan fingerprint density at radius 2 is 1.34 bits per heavy atom. The zero-order valence-corrected chi connectivity index (χ0v) is 22.7. The third kappa shape index (κ3) is 17.8. The molecule has 7 heteroatoms. The number of nitrogens with one attached hydrogen (secondary N) is 1. The van der Waals surface area contributed by atoms with Crippen molar-refractivity contribution in [3.63, 3.8) is 0 Å². The van der Waals surface area contributed by atoms with Crippen molar-refractivity contribution in [1.82, 2.24) is 0 Å². The van der Waals surface area contributed by atoms with Crippen LogP contribution in [0.1, 0.15) is 89.2 Å². The van der Waals surface area contributed by atoms with E-state index < -0.39 is 5.24 Å². The van der Waals surface area contributed by atoms with Gasteiger partial charge in [-0.05, 0) is 42.9 Å². The van der Waals surface area contributed by atoms with Gasteiger partial charge in [0.05, 0.1) is 5.24 Å². The predicted octanol–water partition coefficient (Wildman–Crippen LogP) is 6.40. The van der Waals surface area contributed by atoms with Crippen molar-refractivity contribution in [1.29, 1.82) is 0 Å². The molecule has 1 rings (SSSR count). The molecule has 1 aromatic rings. The summed E-state index contributed by atoms with van der Waals surface area (Å²) in [6, 6.07) is 6.26. The van der Waals surface area contributed by atoms with E-state index in [9.17, 15) is 4.79 Å². The van der Waals surface area contributed by atoms with Crippen LogP contribution in [0.5, 0.6) is 0 Å². The molecular weight excluding hydrogens is 454 g/mol. The normalized spacial score (nSPS) is 9.72. The molecule has 0 unspecified atom stereocenters. The zero-order chi connectivity index (χ0) is 21.2. The number of nitrogens with two attached hydrogens (primary N) is 1. The summed E-state index contributed by atoms with van der Waals surface area (Å²) in [5, 5.41) is 1.72. The number of unbranched alkanes of at least 4 members (excludes halogenated alkanes) is 8. The van der Waals surface area contributed by atoms with Crippen LogP contribution >= 0.6 is 0 Å². The molecule has 4 nitrogen and oxygen atoms in total. The fourth-order valence-corrected chi connectivity index (χ4v) is 3.33. The zero-order valence-electron chi connectivity index (χ0n) is 18.1. The summed E-state index contributed by atoms with van der Waals surface area (Å²) in [4.78, 5) is 20.4. The summed E-state index contributed by atoms with van der Waals surface area (Å²) in [5.74, 6) is 0. The Balaban J connectivity index is 0. The van der Waals surface area contributed by atoms with E-state index in [2.05, 4.69) is 43.6 Å². The standard InChI is InChI=1S/C21H35NOS.CH3NOS.Zn/c1-3-5-7-9-11-14-18-15-13-17-20(22-21(23)24)19(18)16-12-10-8-6-4-2;2-1(3)4;/h13,15,17H,3-12,14,16H2,1-2H3,(H2,22,23,24);(H3,2,3,4);/q;;+2/p-2. The molecule has 0 heterocycles. The molecule has 0 aliphatic heterocycles. The van der Waals surface area contributed by atoms with Crippen LogP contribution < -0.4 is 11.1 Å². The maximum atomic E-state index is 11.3. The Hall–Kier alpha value is -0.777. The Kier molecular flexibility index (Phi) is 21.5. The molecule has 0 aliphatic rings. The van der Waals surface area contributed by atoms with E-state index >= 15 is 0 Å². The van der Waals surface area contributed by atoms with E-state index in [1.165, 1.54) is 75.3 Å². The average molecular weight is 490 g/mol. The monoisotopic (exact) mass is 488 g/mol. The van der Waals surface area contributed by atoms with E-state index in [-0.39, 0.29) is 24.7 Å². The third-order valence-electron chi connectivity index (χ3n) is 4.59. The third-order valence-corrected chi connectivity index (χ3v) is 4.69. The van der Waals surface area contributed by atoms with Crippen LogP contribution in [0.3, 0.4) is 0 Å². The number of carbonyl (C=O) groups excluding carboxylic acids is 2. The van der Waals surface area contributed by atoms with Gasteiger partial charge in [-0.25, -0.2) is 0 Å². The maximum absolute atomic E-state index is 11.3. The Labute approximate surface area is 201 Å². The van der Waals surface area contributed by atoms with Gasteiger partial charge < -0.3 is 45.9 Å². The first-order valence-corrected chi connectivity index (χ1v) is 11.3. The van der Waals surface area contributed by atoms with Crippen LogP contribution in [0.4, 0.5) is 15.3 Å². The summed E-state index contributed by atoms with van der Waals surface area (Å²) in [6.45, 7) is 4.49. The molecule has 0 atom stereocenters. The van der Waals surface area contributed by atoms with E-state index in [0.717, 1.165) is 18.5 Å². The van der Waals surface area contributed by atoms with Crippen molar-refractivity contribution in [3.05, 3.63) is 29.3 Å². The summed E-state index contributed by atoms with van der Waals surface area (Å²) >= 11 is 8.48. The van der Waals surface area contributed by atoms with Crippen LogP contribution in [0.15, 0.2) is 18.2 Å². The van der Waals surface area contributed by atoms with E-state index in [4.69, 9.17) is 17.4 Å². The smallest absolute Gasteiger partial charge is 0.719 e. The first-order valence-electron chi connectivity index (χ1n) is 10.5. The second kappa shape index (κ2) is 20.5. The molecule has 0 bridgehead atoms. The molecular formula is C22H36N2O2S2Zn. The number of rotatable bonds is 13. The Morgan fingerprint density at radius 3 is 1.83 bits per heavy atom. The molecule has 3 N–H and O–H groups in total. The van der Waals surface area contributed by atoms with E-state index in [0.29, 0.717) is 0 Å². The first-order chi connectivity index (χ1) is 13.4. The average Bonchev–Trinajstić information content (AvgIpc) is 2.62. The van der Waals surface area contributed by atoms with Gasteiger partial charge in [0, 0.05) is 5.69 Å². The minimum atomic E-state index is -0.750. The van der Waals surface area contributed by atoms with Crippen molar-refractivity contribution in [3.8, 4) is 0 Å². The van der Waals surface area contributed by atoms with Gasteiger partial charge in [-0.2, -0.15) is 0 Å². The molecule has 0 saturated heterocycles. The summed E-state index contributed by atoms with van der Waals surface area (Å²) < 4.78 is 0. The molecule has 0 fully saturated rings. The summed E-state index contributed by atoms with van der Waals surface area (Å²) in [7, 11) is 0. The Morgan fingerprint density at radius 1 is 0.862 bits per heavy atom. The van der Waals surface area contributed by atoms with Crippen molar-refractivity contribution in [2.24, 2.45) is 5.73 Å². The predicted molar refractivity (Wildman–Crippen MR) is 125 cm³/mol. The van der Waals surface area contributed by atoms with Gasteiger partial charge in [0.1, 0.15) is 5.24 Å². The van der Waals surface area contributed by atoms with E-state index in [1.54, 1.807) is 0 Å². The molecule has 0 saturated carbocycles. The first kappa shape index (κ1) is 30.4. The van der Waals surface area contributed by atoms with Gasteiger partial charge in [-0.15, -0.1) is 0 Å². The molecule has 0 aromatic heterocycles. The largest absolute Gasteiger partial charge is 2.00 e. The van der Waals surface area contributed by atoms with Crippen molar-refractivity contribution < 1.29 is 29.1 Å².